The predicted octanol–water partition coefficient (Wildman–Crippen LogP) is 0.631. The average Bonchev–Trinajstić information content (AvgIpc) is 2.36. The van der Waals surface area contributed by atoms with E-state index in [2.05, 4.69) is 0 Å². The minimum Gasteiger partial charge on any atom is -0.298 e. The van der Waals surface area contributed by atoms with Gasteiger partial charge < -0.3 is 0 Å². The van der Waals surface area contributed by atoms with Gasteiger partial charge in [0.25, 0.3) is 0 Å². The summed E-state index contributed by atoms with van der Waals surface area (Å²) in [7, 11) is 0. The number of benzene rings is 1. The van der Waals surface area contributed by atoms with Gasteiger partial charge in [0, 0.05) is 5.56 Å². The zero-order valence-electron chi connectivity index (χ0n) is 8.10. The van der Waals surface area contributed by atoms with E-state index in [4.69, 9.17) is 26.8 Å². The molecule has 0 saturated heterocycles. The summed E-state index contributed by atoms with van der Waals surface area (Å²) in [4.78, 5) is 0. The van der Waals surface area contributed by atoms with Crippen LogP contribution in [0, 0.1) is 45.3 Å². The third-order valence-electron chi connectivity index (χ3n) is 2.07. The number of hydrogen-bond donors (Lipinski definition) is 1. The Morgan fingerprint density at radius 3 is 2.06 bits per heavy atom. The lowest BCUT2D eigenvalue weighted by Crippen LogP contribution is -2.34. The van der Waals surface area contributed by atoms with Gasteiger partial charge in [-0.05, 0) is 6.07 Å². The minimum absolute atomic E-state index is 0.0319. The molecule has 5 heteroatoms. The van der Waals surface area contributed by atoms with Gasteiger partial charge in [-0.15, -0.1) is 0 Å². The van der Waals surface area contributed by atoms with Crippen LogP contribution in [-0.2, 0) is 5.54 Å². The third-order valence-corrected chi connectivity index (χ3v) is 2.07. The first-order valence-corrected chi connectivity index (χ1v) is 4.18. The van der Waals surface area contributed by atoms with Crippen molar-refractivity contribution in [3.05, 3.63) is 34.9 Å². The molecule has 74 valence electrons. The van der Waals surface area contributed by atoms with E-state index >= 15 is 0 Å². The molecule has 0 spiro atoms. The van der Waals surface area contributed by atoms with E-state index in [1.807, 2.05) is 6.07 Å². The first-order valence-electron chi connectivity index (χ1n) is 4.18. The van der Waals surface area contributed by atoms with Gasteiger partial charge in [-0.1, -0.05) is 12.1 Å². The fourth-order valence-electron chi connectivity index (χ4n) is 1.24. The monoisotopic (exact) mass is 207 g/mol. The summed E-state index contributed by atoms with van der Waals surface area (Å²) >= 11 is 0. The van der Waals surface area contributed by atoms with E-state index in [0.717, 1.165) is 0 Å². The van der Waals surface area contributed by atoms with Gasteiger partial charge in [-0.25, -0.2) is 0 Å². The smallest absolute Gasteiger partial charge is 0.218 e. The predicted molar refractivity (Wildman–Crippen MR) is 53.0 cm³/mol. The zero-order valence-corrected chi connectivity index (χ0v) is 8.10. The Bertz CT molecular complexity index is 575. The molecule has 0 fully saturated rings. The molecular weight excluding hydrogens is 202 g/mol. The molecule has 0 aliphatic rings. The highest BCUT2D eigenvalue weighted by molar-refractivity contribution is 5.56. The summed E-state index contributed by atoms with van der Waals surface area (Å²) in [6.07, 6.45) is 0. The molecule has 0 atom stereocenters. The van der Waals surface area contributed by atoms with Crippen molar-refractivity contribution >= 4 is 0 Å². The van der Waals surface area contributed by atoms with E-state index in [1.165, 1.54) is 18.2 Å². The van der Waals surface area contributed by atoms with Gasteiger partial charge >= 0.3 is 0 Å². The second-order valence-electron chi connectivity index (χ2n) is 2.98. The Labute approximate surface area is 92.2 Å². The molecule has 1 aromatic carbocycles. The summed E-state index contributed by atoms with van der Waals surface area (Å²) < 4.78 is 0. The lowest BCUT2D eigenvalue weighted by molar-refractivity contribution is 0.743. The highest BCUT2D eigenvalue weighted by atomic mass is 14.7. The van der Waals surface area contributed by atoms with E-state index in [1.54, 1.807) is 18.2 Å². The summed E-state index contributed by atoms with van der Waals surface area (Å²) in [5, 5.41) is 35.4. The molecule has 2 N–H and O–H groups in total. The van der Waals surface area contributed by atoms with Crippen LogP contribution in [0.5, 0.6) is 0 Å². The summed E-state index contributed by atoms with van der Waals surface area (Å²) in [6, 6.07) is 11.1. The maximum Gasteiger partial charge on any atom is 0.218 e. The Morgan fingerprint density at radius 1 is 1.00 bits per heavy atom. The number of hydrogen-bond acceptors (Lipinski definition) is 5. The van der Waals surface area contributed by atoms with Gasteiger partial charge in [0.05, 0.1) is 11.1 Å². The number of nitrogens with two attached hydrogens (primary N) is 1. The highest BCUT2D eigenvalue weighted by Gasteiger charge is 2.30. The van der Waals surface area contributed by atoms with Gasteiger partial charge in [-0.2, -0.15) is 21.0 Å². The Hall–Kier alpha value is -2.86. The summed E-state index contributed by atoms with van der Waals surface area (Å²) in [5.74, 6) is 0. The average molecular weight is 207 g/mol. The molecule has 0 aliphatic heterocycles. The maximum absolute atomic E-state index is 8.91. The number of rotatable bonds is 1. The molecule has 0 saturated carbocycles. The molecular formula is C11H5N5. The second kappa shape index (κ2) is 4.11. The fraction of sp³-hybridized carbons (Fsp3) is 0.0909. The molecule has 0 aliphatic carbocycles. The van der Waals surface area contributed by atoms with Crippen molar-refractivity contribution in [1.82, 2.24) is 0 Å². The van der Waals surface area contributed by atoms with E-state index in [9.17, 15) is 0 Å². The van der Waals surface area contributed by atoms with Crippen molar-refractivity contribution in [3.8, 4) is 24.3 Å². The summed E-state index contributed by atoms with van der Waals surface area (Å²) in [6.45, 7) is 0. The van der Waals surface area contributed by atoms with Crippen molar-refractivity contribution in [3.63, 3.8) is 0 Å². The van der Waals surface area contributed by atoms with Crippen molar-refractivity contribution in [1.29, 1.82) is 21.0 Å². The van der Waals surface area contributed by atoms with Crippen molar-refractivity contribution in [2.24, 2.45) is 5.73 Å². The summed E-state index contributed by atoms with van der Waals surface area (Å²) in [5.41, 5.74) is 3.75. The van der Waals surface area contributed by atoms with Crippen LogP contribution >= 0.6 is 0 Å². The van der Waals surface area contributed by atoms with E-state index in [0.29, 0.717) is 0 Å². The van der Waals surface area contributed by atoms with Gasteiger partial charge in [0.1, 0.15) is 24.3 Å². The molecule has 0 heterocycles. The van der Waals surface area contributed by atoms with Crippen LogP contribution in [-0.4, -0.2) is 0 Å². The van der Waals surface area contributed by atoms with Crippen LogP contribution in [0.3, 0.4) is 0 Å². The first kappa shape index (κ1) is 11.2. The molecule has 1 aromatic rings. The Morgan fingerprint density at radius 2 is 1.62 bits per heavy atom. The number of nitriles is 4. The van der Waals surface area contributed by atoms with Gasteiger partial charge in [0.15, 0.2) is 0 Å². The maximum atomic E-state index is 8.91. The first-order chi connectivity index (χ1) is 7.62. The van der Waals surface area contributed by atoms with E-state index in [-0.39, 0.29) is 16.7 Å². The van der Waals surface area contributed by atoms with Crippen LogP contribution in [0.25, 0.3) is 0 Å². The van der Waals surface area contributed by atoms with Crippen LogP contribution in [0.2, 0.25) is 0 Å². The normalized spacial score (nSPS) is 9.31. The van der Waals surface area contributed by atoms with Crippen molar-refractivity contribution in [2.45, 2.75) is 5.54 Å². The molecule has 16 heavy (non-hydrogen) atoms. The zero-order chi connectivity index (χ0) is 12.2. The lowest BCUT2D eigenvalue weighted by atomic mass is 9.88. The van der Waals surface area contributed by atoms with Gasteiger partial charge in [-0.3, -0.25) is 5.73 Å². The molecule has 0 unspecified atom stereocenters. The topological polar surface area (TPSA) is 121 Å². The van der Waals surface area contributed by atoms with Crippen LogP contribution in [0.1, 0.15) is 16.7 Å². The van der Waals surface area contributed by atoms with Crippen LogP contribution in [0.4, 0.5) is 0 Å². The number of nitrogens with zero attached hydrogens (tertiary/aromatic N) is 4. The SMILES string of the molecule is N#Cc1cccc(C(N)(C#N)C#N)c1C#N. The van der Waals surface area contributed by atoms with E-state index < -0.39 is 5.54 Å². The van der Waals surface area contributed by atoms with Crippen LogP contribution in [0.15, 0.2) is 18.2 Å². The second-order valence-corrected chi connectivity index (χ2v) is 2.98. The molecule has 0 radical (unpaired) electrons. The fourth-order valence-corrected chi connectivity index (χ4v) is 1.24. The minimum atomic E-state index is -1.90. The molecule has 0 aromatic heterocycles. The van der Waals surface area contributed by atoms with Crippen molar-refractivity contribution < 1.29 is 0 Å². The molecule has 0 bridgehead atoms. The third kappa shape index (κ3) is 1.56. The molecule has 1 rings (SSSR count). The quantitative estimate of drug-likeness (QED) is 0.723. The Kier molecular flexibility index (Phi) is 2.88. The molecule has 0 amide bonds. The van der Waals surface area contributed by atoms with Gasteiger partial charge in [0.2, 0.25) is 5.54 Å². The Balaban J connectivity index is 3.64. The highest BCUT2D eigenvalue weighted by Crippen LogP contribution is 2.23. The molecule has 5 nitrogen and oxygen atoms in total. The lowest BCUT2D eigenvalue weighted by Gasteiger charge is -2.14. The standard InChI is InChI=1S/C11H5N5/c12-4-8-2-1-3-10(9(8)5-13)11(16,6-14)7-15/h1-3H,16H2. The largest absolute Gasteiger partial charge is 0.298 e. The van der Waals surface area contributed by atoms with Crippen LogP contribution < -0.4 is 5.73 Å². The van der Waals surface area contributed by atoms with Crippen molar-refractivity contribution in [2.75, 3.05) is 0 Å².